The lowest BCUT2D eigenvalue weighted by atomic mass is 9.88. The summed E-state index contributed by atoms with van der Waals surface area (Å²) < 4.78 is 10.8. The van der Waals surface area contributed by atoms with Gasteiger partial charge in [0.25, 0.3) is 0 Å². The van der Waals surface area contributed by atoms with Crippen molar-refractivity contribution in [2.45, 2.75) is 31.9 Å². The summed E-state index contributed by atoms with van der Waals surface area (Å²) in [6.45, 7) is 2.79. The first kappa shape index (κ1) is 14.1. The van der Waals surface area contributed by atoms with Gasteiger partial charge in [0, 0.05) is 30.0 Å². The zero-order chi connectivity index (χ0) is 13.8. The molecule has 19 heavy (non-hydrogen) atoms. The first-order valence-corrected chi connectivity index (χ1v) is 6.90. The SMILES string of the molecule is CCOC1CC(Nc2cc(OC)ccc2C(N)=S)C1. The fourth-order valence-electron chi connectivity index (χ4n) is 2.26. The van der Waals surface area contributed by atoms with Gasteiger partial charge in [0.05, 0.1) is 13.2 Å². The van der Waals surface area contributed by atoms with Crippen LogP contribution in [0.1, 0.15) is 25.3 Å². The molecule has 2 rings (SSSR count). The van der Waals surface area contributed by atoms with E-state index in [-0.39, 0.29) is 0 Å². The predicted molar refractivity (Wildman–Crippen MR) is 80.9 cm³/mol. The number of rotatable bonds is 6. The Morgan fingerprint density at radius 1 is 1.47 bits per heavy atom. The van der Waals surface area contributed by atoms with Crippen molar-refractivity contribution in [2.75, 3.05) is 19.0 Å². The average molecular weight is 280 g/mol. The second-order valence-corrected chi connectivity index (χ2v) is 5.11. The van der Waals surface area contributed by atoms with Crippen LogP contribution in [0.3, 0.4) is 0 Å². The average Bonchev–Trinajstić information content (AvgIpc) is 2.35. The topological polar surface area (TPSA) is 56.5 Å². The minimum atomic E-state index is 0.376. The Kier molecular flexibility index (Phi) is 4.61. The molecule has 1 aromatic carbocycles. The monoisotopic (exact) mass is 280 g/mol. The third-order valence-electron chi connectivity index (χ3n) is 3.35. The van der Waals surface area contributed by atoms with E-state index in [2.05, 4.69) is 5.32 Å². The number of thiocarbonyl (C=S) groups is 1. The molecule has 4 nitrogen and oxygen atoms in total. The number of nitrogens with one attached hydrogen (secondary N) is 1. The lowest BCUT2D eigenvalue weighted by molar-refractivity contribution is 0.00299. The minimum Gasteiger partial charge on any atom is -0.497 e. The second kappa shape index (κ2) is 6.21. The molecule has 1 aliphatic carbocycles. The van der Waals surface area contributed by atoms with Gasteiger partial charge in [-0.1, -0.05) is 12.2 Å². The third kappa shape index (κ3) is 3.36. The maximum atomic E-state index is 5.74. The van der Waals surface area contributed by atoms with E-state index < -0.39 is 0 Å². The molecule has 0 aliphatic heterocycles. The Morgan fingerprint density at radius 3 is 2.79 bits per heavy atom. The maximum Gasteiger partial charge on any atom is 0.120 e. The number of nitrogens with two attached hydrogens (primary N) is 1. The number of methoxy groups -OCH3 is 1. The number of hydrogen-bond donors (Lipinski definition) is 2. The molecular weight excluding hydrogens is 260 g/mol. The summed E-state index contributed by atoms with van der Waals surface area (Å²) in [5, 5.41) is 3.46. The van der Waals surface area contributed by atoms with E-state index in [1.54, 1.807) is 7.11 Å². The summed E-state index contributed by atoms with van der Waals surface area (Å²) in [5.74, 6) is 0.795. The lowest BCUT2D eigenvalue weighted by Crippen LogP contribution is -2.41. The fourth-order valence-corrected chi connectivity index (χ4v) is 2.44. The quantitative estimate of drug-likeness (QED) is 0.783. The Hall–Kier alpha value is -1.33. The van der Waals surface area contributed by atoms with Gasteiger partial charge in [-0.2, -0.15) is 0 Å². The Bertz CT molecular complexity index is 459. The summed E-state index contributed by atoms with van der Waals surface area (Å²) in [6, 6.07) is 6.10. The molecule has 0 amide bonds. The zero-order valence-electron chi connectivity index (χ0n) is 11.3. The molecule has 0 aromatic heterocycles. The molecule has 1 aliphatic rings. The van der Waals surface area contributed by atoms with Crippen LogP contribution in [0.25, 0.3) is 0 Å². The van der Waals surface area contributed by atoms with Crippen molar-refractivity contribution in [3.63, 3.8) is 0 Å². The maximum absolute atomic E-state index is 5.74. The summed E-state index contributed by atoms with van der Waals surface area (Å²) >= 11 is 5.07. The highest BCUT2D eigenvalue weighted by atomic mass is 32.1. The van der Waals surface area contributed by atoms with E-state index >= 15 is 0 Å². The molecule has 1 aromatic rings. The van der Waals surface area contributed by atoms with Gasteiger partial charge in [-0.15, -0.1) is 0 Å². The second-order valence-electron chi connectivity index (χ2n) is 4.67. The van der Waals surface area contributed by atoms with Crippen LogP contribution in [0.2, 0.25) is 0 Å². The standard InChI is InChI=1S/C14H20N2O2S/c1-3-18-11-6-9(7-11)16-13-8-10(17-2)4-5-12(13)14(15)19/h4-5,8-9,11,16H,3,6-7H2,1-2H3,(H2,15,19). The van der Waals surface area contributed by atoms with Crippen LogP contribution in [0.4, 0.5) is 5.69 Å². The summed E-state index contributed by atoms with van der Waals surface area (Å²) in [4.78, 5) is 0.394. The molecule has 0 unspecified atom stereocenters. The summed E-state index contributed by atoms with van der Waals surface area (Å²) in [7, 11) is 1.65. The van der Waals surface area contributed by atoms with E-state index in [9.17, 15) is 0 Å². The van der Waals surface area contributed by atoms with Crippen molar-refractivity contribution in [3.8, 4) is 5.75 Å². The van der Waals surface area contributed by atoms with Crippen LogP contribution < -0.4 is 15.8 Å². The van der Waals surface area contributed by atoms with Gasteiger partial charge in [0.2, 0.25) is 0 Å². The number of hydrogen-bond acceptors (Lipinski definition) is 4. The van der Waals surface area contributed by atoms with Crippen LogP contribution in [-0.4, -0.2) is 30.9 Å². The van der Waals surface area contributed by atoms with Gasteiger partial charge in [-0.05, 0) is 31.9 Å². The molecule has 0 saturated heterocycles. The van der Waals surface area contributed by atoms with Crippen molar-refractivity contribution in [3.05, 3.63) is 23.8 Å². The van der Waals surface area contributed by atoms with Gasteiger partial charge in [-0.3, -0.25) is 0 Å². The van der Waals surface area contributed by atoms with E-state index in [1.807, 2.05) is 25.1 Å². The minimum absolute atomic E-state index is 0.376. The Labute approximate surface area is 119 Å². The van der Waals surface area contributed by atoms with Crippen LogP contribution in [-0.2, 0) is 4.74 Å². The molecular formula is C14H20N2O2S. The lowest BCUT2D eigenvalue weighted by Gasteiger charge is -2.36. The number of benzene rings is 1. The third-order valence-corrected chi connectivity index (χ3v) is 3.57. The molecule has 0 atom stereocenters. The van der Waals surface area contributed by atoms with Gasteiger partial charge in [0.15, 0.2) is 0 Å². The first-order chi connectivity index (χ1) is 9.13. The Balaban J connectivity index is 2.04. The molecule has 5 heteroatoms. The Morgan fingerprint density at radius 2 is 2.21 bits per heavy atom. The van der Waals surface area contributed by atoms with Gasteiger partial charge < -0.3 is 20.5 Å². The zero-order valence-corrected chi connectivity index (χ0v) is 12.1. The van der Waals surface area contributed by atoms with Gasteiger partial charge >= 0.3 is 0 Å². The summed E-state index contributed by atoms with van der Waals surface area (Å²) in [5.41, 5.74) is 7.54. The van der Waals surface area contributed by atoms with Crippen molar-refractivity contribution in [1.82, 2.24) is 0 Å². The molecule has 104 valence electrons. The molecule has 0 bridgehead atoms. The van der Waals surface area contributed by atoms with E-state index in [1.165, 1.54) is 0 Å². The number of anilines is 1. The molecule has 1 fully saturated rings. The highest BCUT2D eigenvalue weighted by Crippen LogP contribution is 2.30. The van der Waals surface area contributed by atoms with E-state index in [0.29, 0.717) is 17.1 Å². The fraction of sp³-hybridized carbons (Fsp3) is 0.500. The molecule has 3 N–H and O–H groups in total. The van der Waals surface area contributed by atoms with Crippen molar-refractivity contribution < 1.29 is 9.47 Å². The summed E-state index contributed by atoms with van der Waals surface area (Å²) in [6.07, 6.45) is 2.41. The highest BCUT2D eigenvalue weighted by molar-refractivity contribution is 7.80. The smallest absolute Gasteiger partial charge is 0.120 e. The van der Waals surface area contributed by atoms with Crippen LogP contribution in [0.5, 0.6) is 5.75 Å². The molecule has 1 saturated carbocycles. The first-order valence-electron chi connectivity index (χ1n) is 6.50. The van der Waals surface area contributed by atoms with Crippen LogP contribution in [0.15, 0.2) is 18.2 Å². The van der Waals surface area contributed by atoms with E-state index in [0.717, 1.165) is 36.4 Å². The number of ether oxygens (including phenoxy) is 2. The molecule has 0 spiro atoms. The normalized spacial score (nSPS) is 21.6. The largest absolute Gasteiger partial charge is 0.497 e. The van der Waals surface area contributed by atoms with Crippen LogP contribution in [0, 0.1) is 0 Å². The molecule has 0 radical (unpaired) electrons. The van der Waals surface area contributed by atoms with Gasteiger partial charge in [-0.25, -0.2) is 0 Å². The van der Waals surface area contributed by atoms with Crippen molar-refractivity contribution in [1.29, 1.82) is 0 Å². The highest BCUT2D eigenvalue weighted by Gasteiger charge is 2.29. The van der Waals surface area contributed by atoms with Crippen molar-refractivity contribution in [2.24, 2.45) is 5.73 Å². The van der Waals surface area contributed by atoms with Crippen LogP contribution >= 0.6 is 12.2 Å². The molecule has 0 heterocycles. The van der Waals surface area contributed by atoms with E-state index in [4.69, 9.17) is 27.4 Å². The van der Waals surface area contributed by atoms with Gasteiger partial charge in [0.1, 0.15) is 10.7 Å². The predicted octanol–water partition coefficient (Wildman–Crippen LogP) is 2.31. The van der Waals surface area contributed by atoms with Crippen molar-refractivity contribution >= 4 is 22.9 Å².